The number of benzene rings is 1. The van der Waals surface area contributed by atoms with E-state index in [1.165, 1.54) is 7.11 Å². The number of rotatable bonds is 7. The smallest absolute Gasteiger partial charge is 0.326 e. The Balaban J connectivity index is 2.78. The summed E-state index contributed by atoms with van der Waals surface area (Å²) < 4.78 is 10.7. The second kappa shape index (κ2) is 8.03. The van der Waals surface area contributed by atoms with E-state index < -0.39 is 6.04 Å². The molecular formula is C17H27NO3. The Morgan fingerprint density at radius 2 is 1.95 bits per heavy atom. The minimum absolute atomic E-state index is 0.00575. The van der Waals surface area contributed by atoms with Gasteiger partial charge in [0.15, 0.2) is 0 Å². The third kappa shape index (κ3) is 5.38. The van der Waals surface area contributed by atoms with Crippen LogP contribution in [0, 0.1) is 0 Å². The molecule has 0 fully saturated rings. The molecule has 1 unspecified atom stereocenters. The number of hydrogen-bond acceptors (Lipinski definition) is 4. The van der Waals surface area contributed by atoms with Gasteiger partial charge in [-0.25, -0.2) is 0 Å². The van der Waals surface area contributed by atoms with Crippen LogP contribution in [-0.4, -0.2) is 32.3 Å². The molecule has 1 aromatic rings. The highest BCUT2D eigenvalue weighted by Crippen LogP contribution is 2.30. The number of methoxy groups -OCH3 is 1. The molecule has 21 heavy (non-hydrogen) atoms. The van der Waals surface area contributed by atoms with E-state index in [-0.39, 0.29) is 18.0 Å². The molecule has 0 saturated carbocycles. The van der Waals surface area contributed by atoms with Gasteiger partial charge in [-0.2, -0.15) is 0 Å². The Morgan fingerprint density at radius 1 is 1.29 bits per heavy atom. The molecule has 1 atom stereocenters. The van der Waals surface area contributed by atoms with Crippen molar-refractivity contribution in [1.82, 2.24) is 5.32 Å². The fourth-order valence-electron chi connectivity index (χ4n) is 2.06. The Hall–Kier alpha value is -1.55. The van der Waals surface area contributed by atoms with Gasteiger partial charge in [-0.05, 0) is 30.0 Å². The maximum absolute atomic E-state index is 11.8. The molecule has 0 bridgehead atoms. The van der Waals surface area contributed by atoms with Crippen molar-refractivity contribution in [2.45, 2.75) is 45.6 Å². The van der Waals surface area contributed by atoms with E-state index >= 15 is 0 Å². The number of hydrogen-bond donors (Lipinski definition) is 1. The highest BCUT2D eigenvalue weighted by atomic mass is 16.5. The van der Waals surface area contributed by atoms with Gasteiger partial charge in [0.25, 0.3) is 0 Å². The van der Waals surface area contributed by atoms with Crippen molar-refractivity contribution in [3.8, 4) is 5.75 Å². The molecule has 1 N–H and O–H groups in total. The Labute approximate surface area is 127 Å². The fraction of sp³-hybridized carbons (Fsp3) is 0.588. The van der Waals surface area contributed by atoms with Gasteiger partial charge in [0.05, 0.1) is 7.11 Å². The van der Waals surface area contributed by atoms with Crippen LogP contribution in [0.15, 0.2) is 24.3 Å². The predicted molar refractivity (Wildman–Crippen MR) is 84.7 cm³/mol. The summed E-state index contributed by atoms with van der Waals surface area (Å²) in [6.45, 7) is 9.49. The van der Waals surface area contributed by atoms with E-state index in [1.807, 2.05) is 18.2 Å². The Morgan fingerprint density at radius 3 is 2.52 bits per heavy atom. The van der Waals surface area contributed by atoms with Gasteiger partial charge in [0, 0.05) is 0 Å². The van der Waals surface area contributed by atoms with E-state index in [9.17, 15) is 4.79 Å². The second-order valence-corrected chi connectivity index (χ2v) is 6.09. The van der Waals surface area contributed by atoms with Crippen LogP contribution >= 0.6 is 0 Å². The van der Waals surface area contributed by atoms with E-state index in [0.717, 1.165) is 24.3 Å². The van der Waals surface area contributed by atoms with Crippen LogP contribution in [0.25, 0.3) is 0 Å². The highest BCUT2D eigenvalue weighted by molar-refractivity contribution is 5.75. The van der Waals surface area contributed by atoms with Crippen LogP contribution in [0.4, 0.5) is 0 Å². The zero-order chi connectivity index (χ0) is 15.9. The molecule has 0 aliphatic rings. The number of ether oxygens (including phenoxy) is 2. The summed E-state index contributed by atoms with van der Waals surface area (Å²) in [5.41, 5.74) is 1.12. The third-order valence-corrected chi connectivity index (χ3v) is 3.23. The summed E-state index contributed by atoms with van der Waals surface area (Å²) >= 11 is 0. The standard InChI is InChI=1S/C17H27NO3/c1-6-11-18-14(16(19)20-5)12-21-15-10-8-7-9-13(15)17(2,3)4/h7-10,14,18H,6,11-12H2,1-5H3. The summed E-state index contributed by atoms with van der Waals surface area (Å²) in [5, 5.41) is 3.15. The fourth-order valence-corrected chi connectivity index (χ4v) is 2.06. The molecule has 0 aromatic heterocycles. The topological polar surface area (TPSA) is 47.6 Å². The average Bonchev–Trinajstić information content (AvgIpc) is 2.46. The predicted octanol–water partition coefficient (Wildman–Crippen LogP) is 2.90. The van der Waals surface area contributed by atoms with Gasteiger partial charge >= 0.3 is 5.97 Å². The van der Waals surface area contributed by atoms with Crippen LogP contribution in [-0.2, 0) is 14.9 Å². The monoisotopic (exact) mass is 293 g/mol. The lowest BCUT2D eigenvalue weighted by Crippen LogP contribution is -2.42. The van der Waals surface area contributed by atoms with Gasteiger partial charge in [-0.3, -0.25) is 4.79 Å². The zero-order valence-electron chi connectivity index (χ0n) is 13.7. The van der Waals surface area contributed by atoms with Gasteiger partial charge in [0.1, 0.15) is 18.4 Å². The number of carbonyl (C=O) groups excluding carboxylic acids is 1. The molecule has 0 spiro atoms. The molecule has 1 aromatic carbocycles. The van der Waals surface area contributed by atoms with E-state index in [0.29, 0.717) is 0 Å². The van der Waals surface area contributed by atoms with Gasteiger partial charge in [-0.15, -0.1) is 0 Å². The molecule has 0 aliphatic carbocycles. The van der Waals surface area contributed by atoms with E-state index in [1.54, 1.807) is 0 Å². The van der Waals surface area contributed by atoms with Crippen LogP contribution in [0.3, 0.4) is 0 Å². The number of carbonyl (C=O) groups is 1. The Bertz CT molecular complexity index is 452. The quantitative estimate of drug-likeness (QED) is 0.785. The lowest BCUT2D eigenvalue weighted by atomic mass is 9.86. The number of nitrogens with one attached hydrogen (secondary N) is 1. The molecule has 0 radical (unpaired) electrons. The molecule has 118 valence electrons. The molecular weight excluding hydrogens is 266 g/mol. The minimum Gasteiger partial charge on any atom is -0.491 e. The third-order valence-electron chi connectivity index (χ3n) is 3.23. The van der Waals surface area contributed by atoms with Crippen LogP contribution in [0.1, 0.15) is 39.7 Å². The zero-order valence-corrected chi connectivity index (χ0v) is 13.7. The molecule has 4 nitrogen and oxygen atoms in total. The molecule has 1 rings (SSSR count). The Kier molecular flexibility index (Phi) is 6.69. The van der Waals surface area contributed by atoms with Crippen molar-refractivity contribution in [1.29, 1.82) is 0 Å². The maximum Gasteiger partial charge on any atom is 0.326 e. The van der Waals surface area contributed by atoms with Crippen molar-refractivity contribution in [2.24, 2.45) is 0 Å². The SMILES string of the molecule is CCCNC(COc1ccccc1C(C)(C)C)C(=O)OC. The normalized spacial score (nSPS) is 12.8. The molecule has 4 heteroatoms. The lowest BCUT2D eigenvalue weighted by molar-refractivity contribution is -0.143. The summed E-state index contributed by atoms with van der Waals surface area (Å²) in [5.74, 6) is 0.522. The van der Waals surface area contributed by atoms with Crippen LogP contribution in [0.2, 0.25) is 0 Å². The summed E-state index contributed by atoms with van der Waals surface area (Å²) in [4.78, 5) is 11.8. The van der Waals surface area contributed by atoms with Crippen LogP contribution < -0.4 is 10.1 Å². The number of para-hydroxylation sites is 1. The van der Waals surface area contributed by atoms with Crippen molar-refractivity contribution in [3.05, 3.63) is 29.8 Å². The van der Waals surface area contributed by atoms with Crippen LogP contribution in [0.5, 0.6) is 5.75 Å². The summed E-state index contributed by atoms with van der Waals surface area (Å²) in [6.07, 6.45) is 0.950. The van der Waals surface area contributed by atoms with Crippen molar-refractivity contribution in [2.75, 3.05) is 20.3 Å². The van der Waals surface area contributed by atoms with Gasteiger partial charge in [-0.1, -0.05) is 45.9 Å². The summed E-state index contributed by atoms with van der Waals surface area (Å²) in [6, 6.07) is 7.50. The van der Waals surface area contributed by atoms with Crippen molar-refractivity contribution in [3.63, 3.8) is 0 Å². The van der Waals surface area contributed by atoms with Crippen molar-refractivity contribution < 1.29 is 14.3 Å². The van der Waals surface area contributed by atoms with Gasteiger partial charge < -0.3 is 14.8 Å². The van der Waals surface area contributed by atoms with Crippen molar-refractivity contribution >= 4 is 5.97 Å². The largest absolute Gasteiger partial charge is 0.491 e. The first-order valence-electron chi connectivity index (χ1n) is 7.43. The van der Waals surface area contributed by atoms with Gasteiger partial charge in [0.2, 0.25) is 0 Å². The highest BCUT2D eigenvalue weighted by Gasteiger charge is 2.22. The molecule has 0 aliphatic heterocycles. The summed E-state index contributed by atoms with van der Waals surface area (Å²) in [7, 11) is 1.39. The molecule has 0 heterocycles. The molecule has 0 saturated heterocycles. The van der Waals surface area contributed by atoms with E-state index in [2.05, 4.69) is 39.1 Å². The lowest BCUT2D eigenvalue weighted by Gasteiger charge is -2.24. The molecule has 0 amide bonds. The minimum atomic E-state index is -0.442. The second-order valence-electron chi connectivity index (χ2n) is 6.09. The average molecular weight is 293 g/mol. The number of esters is 1. The maximum atomic E-state index is 11.8. The first-order chi connectivity index (χ1) is 9.90. The van der Waals surface area contributed by atoms with E-state index in [4.69, 9.17) is 9.47 Å². The first-order valence-corrected chi connectivity index (χ1v) is 7.43. The first kappa shape index (κ1) is 17.5.